The molecule has 31 heavy (non-hydrogen) atoms. The Hall–Kier alpha value is -3.35. The fourth-order valence-electron chi connectivity index (χ4n) is 4.38. The molecular weight excluding hydrogens is 394 g/mol. The van der Waals surface area contributed by atoms with Crippen LogP contribution < -0.4 is 10.1 Å². The first-order valence-corrected chi connectivity index (χ1v) is 10.5. The van der Waals surface area contributed by atoms with E-state index in [2.05, 4.69) is 11.4 Å². The number of rotatable bonds is 4. The molecule has 2 aromatic rings. The number of nitrogens with one attached hydrogen (secondary N) is 1. The van der Waals surface area contributed by atoms with Gasteiger partial charge in [0.15, 0.2) is 0 Å². The highest BCUT2D eigenvalue weighted by Crippen LogP contribution is 2.35. The lowest BCUT2D eigenvalue weighted by molar-refractivity contribution is -0.139. The second-order valence-electron chi connectivity index (χ2n) is 8.34. The van der Waals surface area contributed by atoms with Crippen LogP contribution in [0, 0.1) is 6.92 Å². The van der Waals surface area contributed by atoms with Crippen LogP contribution in [0.15, 0.2) is 42.5 Å². The molecule has 2 heterocycles. The van der Waals surface area contributed by atoms with Crippen molar-refractivity contribution in [2.45, 2.75) is 38.8 Å². The van der Waals surface area contributed by atoms with Gasteiger partial charge in [0.2, 0.25) is 5.91 Å². The molecule has 1 atom stereocenters. The molecule has 4 amide bonds. The Kier molecular flexibility index (Phi) is 5.43. The van der Waals surface area contributed by atoms with E-state index >= 15 is 0 Å². The zero-order valence-corrected chi connectivity index (χ0v) is 18.1. The standard InChI is InChI=1S/C24H27N3O4/c1-16-10-11-20(31-3)19(13-16)24(2)22(29)27(23(30)25-24)15-21(28)26-12-6-9-17-7-4-5-8-18(17)14-26/h4-5,7-8,10-11,13H,6,9,12,14-15H2,1-3H3,(H,25,30). The molecular formula is C24H27N3O4. The minimum Gasteiger partial charge on any atom is -0.496 e. The maximum Gasteiger partial charge on any atom is 0.325 e. The number of urea groups is 1. The number of carbonyl (C=O) groups is 3. The fourth-order valence-corrected chi connectivity index (χ4v) is 4.38. The van der Waals surface area contributed by atoms with Gasteiger partial charge in [-0.15, -0.1) is 0 Å². The van der Waals surface area contributed by atoms with Gasteiger partial charge in [-0.3, -0.25) is 14.5 Å². The first-order chi connectivity index (χ1) is 14.8. The van der Waals surface area contributed by atoms with Gasteiger partial charge in [-0.25, -0.2) is 4.79 Å². The predicted octanol–water partition coefficient (Wildman–Crippen LogP) is 2.75. The molecule has 162 valence electrons. The molecule has 2 aliphatic heterocycles. The highest BCUT2D eigenvalue weighted by Gasteiger charge is 2.51. The predicted molar refractivity (Wildman–Crippen MR) is 116 cm³/mol. The number of aryl methyl sites for hydroxylation is 2. The highest BCUT2D eigenvalue weighted by molar-refractivity contribution is 6.09. The van der Waals surface area contributed by atoms with Crippen LogP contribution in [0.25, 0.3) is 0 Å². The summed E-state index contributed by atoms with van der Waals surface area (Å²) >= 11 is 0. The molecule has 2 aromatic carbocycles. The Balaban J connectivity index is 1.55. The third-order valence-corrected chi connectivity index (χ3v) is 6.17. The molecule has 1 N–H and O–H groups in total. The molecule has 7 heteroatoms. The van der Waals surface area contributed by atoms with Crippen LogP contribution in [0.5, 0.6) is 5.75 Å². The lowest BCUT2D eigenvalue weighted by Crippen LogP contribution is -2.44. The molecule has 7 nitrogen and oxygen atoms in total. The average molecular weight is 421 g/mol. The van der Waals surface area contributed by atoms with Crippen LogP contribution >= 0.6 is 0 Å². The number of hydrogen-bond acceptors (Lipinski definition) is 4. The third-order valence-electron chi connectivity index (χ3n) is 6.17. The number of methoxy groups -OCH3 is 1. The second kappa shape index (κ2) is 8.06. The van der Waals surface area contributed by atoms with E-state index in [0.29, 0.717) is 24.4 Å². The minimum absolute atomic E-state index is 0.235. The van der Waals surface area contributed by atoms with Crippen molar-refractivity contribution in [3.63, 3.8) is 0 Å². The normalized spacial score (nSPS) is 20.9. The Morgan fingerprint density at radius 3 is 2.65 bits per heavy atom. The molecule has 0 radical (unpaired) electrons. The summed E-state index contributed by atoms with van der Waals surface area (Å²) < 4.78 is 5.42. The van der Waals surface area contributed by atoms with Gasteiger partial charge in [0.05, 0.1) is 7.11 Å². The van der Waals surface area contributed by atoms with Crippen LogP contribution in [-0.4, -0.2) is 47.8 Å². The van der Waals surface area contributed by atoms with Crippen molar-refractivity contribution >= 4 is 17.8 Å². The Bertz CT molecular complexity index is 1050. The Morgan fingerprint density at radius 1 is 1.16 bits per heavy atom. The van der Waals surface area contributed by atoms with Gasteiger partial charge in [-0.05, 0) is 49.9 Å². The van der Waals surface area contributed by atoms with E-state index in [-0.39, 0.29) is 12.5 Å². The Labute approximate surface area is 182 Å². The van der Waals surface area contributed by atoms with Crippen molar-refractivity contribution < 1.29 is 19.1 Å². The molecule has 0 bridgehead atoms. The van der Waals surface area contributed by atoms with Gasteiger partial charge in [0.25, 0.3) is 5.91 Å². The highest BCUT2D eigenvalue weighted by atomic mass is 16.5. The summed E-state index contributed by atoms with van der Waals surface area (Å²) in [5.74, 6) is -0.176. The van der Waals surface area contributed by atoms with Gasteiger partial charge >= 0.3 is 6.03 Å². The monoisotopic (exact) mass is 421 g/mol. The second-order valence-corrected chi connectivity index (χ2v) is 8.34. The molecule has 0 aromatic heterocycles. The van der Waals surface area contributed by atoms with Crippen LogP contribution in [0.3, 0.4) is 0 Å². The molecule has 4 rings (SSSR count). The fraction of sp³-hybridized carbons (Fsp3) is 0.375. The lowest BCUT2D eigenvalue weighted by atomic mass is 9.90. The van der Waals surface area contributed by atoms with Crippen molar-refractivity contribution in [2.75, 3.05) is 20.2 Å². The maximum absolute atomic E-state index is 13.3. The van der Waals surface area contributed by atoms with Gasteiger partial charge in [-0.1, -0.05) is 35.9 Å². The number of hydrogen-bond donors (Lipinski definition) is 1. The van der Waals surface area contributed by atoms with E-state index in [9.17, 15) is 14.4 Å². The molecule has 1 saturated heterocycles. The lowest BCUT2D eigenvalue weighted by Gasteiger charge is -2.26. The van der Waals surface area contributed by atoms with E-state index < -0.39 is 17.5 Å². The summed E-state index contributed by atoms with van der Waals surface area (Å²) in [7, 11) is 1.53. The Morgan fingerprint density at radius 2 is 1.90 bits per heavy atom. The quantitative estimate of drug-likeness (QED) is 0.770. The molecule has 2 aliphatic rings. The van der Waals surface area contributed by atoms with Gasteiger partial charge < -0.3 is 15.0 Å². The van der Waals surface area contributed by atoms with E-state index in [1.165, 1.54) is 12.7 Å². The van der Waals surface area contributed by atoms with Gasteiger partial charge in [0.1, 0.15) is 17.8 Å². The van der Waals surface area contributed by atoms with Gasteiger partial charge in [-0.2, -0.15) is 0 Å². The van der Waals surface area contributed by atoms with Crippen LogP contribution in [0.4, 0.5) is 4.79 Å². The number of ether oxygens (including phenoxy) is 1. The van der Waals surface area contributed by atoms with Crippen molar-refractivity contribution in [1.29, 1.82) is 0 Å². The smallest absolute Gasteiger partial charge is 0.325 e. The topological polar surface area (TPSA) is 79.0 Å². The molecule has 0 saturated carbocycles. The summed E-state index contributed by atoms with van der Waals surface area (Å²) in [6, 6.07) is 13.0. The summed E-state index contributed by atoms with van der Waals surface area (Å²) in [4.78, 5) is 41.8. The largest absolute Gasteiger partial charge is 0.496 e. The van der Waals surface area contributed by atoms with Gasteiger partial charge in [0, 0.05) is 18.7 Å². The summed E-state index contributed by atoms with van der Waals surface area (Å²) in [5.41, 5.74) is 2.58. The molecule has 0 spiro atoms. The maximum atomic E-state index is 13.3. The van der Waals surface area contributed by atoms with Crippen molar-refractivity contribution in [3.8, 4) is 5.75 Å². The summed E-state index contributed by atoms with van der Waals surface area (Å²) in [6.45, 7) is 4.36. The number of nitrogens with zero attached hydrogens (tertiary/aromatic N) is 2. The number of benzene rings is 2. The van der Waals surface area contributed by atoms with E-state index in [0.717, 1.165) is 28.9 Å². The van der Waals surface area contributed by atoms with Crippen molar-refractivity contribution in [3.05, 3.63) is 64.7 Å². The molecule has 1 fully saturated rings. The van der Waals surface area contributed by atoms with Crippen LogP contribution in [0.2, 0.25) is 0 Å². The van der Waals surface area contributed by atoms with Crippen LogP contribution in [-0.2, 0) is 28.1 Å². The summed E-state index contributed by atoms with van der Waals surface area (Å²) in [6.07, 6.45) is 1.76. The van der Waals surface area contributed by atoms with E-state index in [1.807, 2.05) is 37.3 Å². The number of amides is 4. The van der Waals surface area contributed by atoms with E-state index in [1.54, 1.807) is 17.9 Å². The first-order valence-electron chi connectivity index (χ1n) is 10.5. The first kappa shape index (κ1) is 20.9. The van der Waals surface area contributed by atoms with E-state index in [4.69, 9.17) is 4.74 Å². The average Bonchev–Trinajstić information content (AvgIpc) is 2.91. The third kappa shape index (κ3) is 3.76. The zero-order chi connectivity index (χ0) is 22.2. The number of imide groups is 1. The minimum atomic E-state index is -1.29. The number of fused-ring (bicyclic) bond motifs is 1. The SMILES string of the molecule is COc1ccc(C)cc1C1(C)NC(=O)N(CC(=O)N2CCCc3ccccc3C2)C1=O. The molecule has 0 aliphatic carbocycles. The zero-order valence-electron chi connectivity index (χ0n) is 18.1. The molecule has 1 unspecified atom stereocenters. The van der Waals surface area contributed by atoms with Crippen LogP contribution in [0.1, 0.15) is 35.6 Å². The summed E-state index contributed by atoms with van der Waals surface area (Å²) in [5, 5.41) is 2.77. The van der Waals surface area contributed by atoms with Crippen molar-refractivity contribution in [1.82, 2.24) is 15.1 Å². The van der Waals surface area contributed by atoms with Crippen molar-refractivity contribution in [2.24, 2.45) is 0 Å². The number of carbonyl (C=O) groups excluding carboxylic acids is 3.